The maximum Gasteiger partial charge on any atom is 0.232 e. The average molecular weight is 343 g/mol. The Morgan fingerprint density at radius 2 is 1.73 bits per heavy atom. The highest BCUT2D eigenvalue weighted by Crippen LogP contribution is 2.29. The summed E-state index contributed by atoms with van der Waals surface area (Å²) in [4.78, 5) is 17.3. The van der Waals surface area contributed by atoms with Gasteiger partial charge in [-0.25, -0.2) is 0 Å². The highest BCUT2D eigenvalue weighted by molar-refractivity contribution is 8.00. The third-order valence-corrected chi connectivity index (χ3v) is 7.74. The first kappa shape index (κ1) is 17.0. The molecule has 0 atom stereocenters. The van der Waals surface area contributed by atoms with E-state index in [9.17, 15) is 4.79 Å². The van der Waals surface area contributed by atoms with E-state index < -0.39 is 0 Å². The van der Waals surface area contributed by atoms with Gasteiger partial charge in [0.25, 0.3) is 0 Å². The fourth-order valence-electron chi connectivity index (χ4n) is 3.94. The summed E-state index contributed by atoms with van der Waals surface area (Å²) in [6.45, 7) is 4.21. The van der Waals surface area contributed by atoms with Crippen molar-refractivity contribution in [1.82, 2.24) is 9.80 Å². The molecule has 2 heterocycles. The molecule has 1 aliphatic carbocycles. The van der Waals surface area contributed by atoms with Crippen molar-refractivity contribution in [3.8, 4) is 0 Å². The lowest BCUT2D eigenvalue weighted by atomic mass is 10.1. The van der Waals surface area contributed by atoms with Gasteiger partial charge in [-0.3, -0.25) is 9.69 Å². The Balaban J connectivity index is 1.41. The van der Waals surface area contributed by atoms with Gasteiger partial charge in [-0.05, 0) is 43.6 Å². The summed E-state index contributed by atoms with van der Waals surface area (Å²) in [5.41, 5.74) is 0. The first-order valence-electron chi connectivity index (χ1n) is 9.04. The fourth-order valence-corrected chi connectivity index (χ4v) is 6.25. The molecule has 0 aromatic rings. The lowest BCUT2D eigenvalue weighted by molar-refractivity contribution is -0.128. The van der Waals surface area contributed by atoms with Crippen molar-refractivity contribution >= 4 is 29.4 Å². The van der Waals surface area contributed by atoms with Crippen LogP contribution in [0.1, 0.15) is 44.9 Å². The van der Waals surface area contributed by atoms with Crippen molar-refractivity contribution in [3.05, 3.63) is 0 Å². The van der Waals surface area contributed by atoms with Crippen LogP contribution in [0.2, 0.25) is 0 Å². The van der Waals surface area contributed by atoms with Crippen LogP contribution < -0.4 is 0 Å². The molecule has 3 fully saturated rings. The summed E-state index contributed by atoms with van der Waals surface area (Å²) in [7, 11) is 0. The minimum atomic E-state index is 0.387. The molecule has 2 saturated heterocycles. The van der Waals surface area contributed by atoms with Gasteiger partial charge in [-0.1, -0.05) is 12.8 Å². The zero-order chi connectivity index (χ0) is 15.2. The van der Waals surface area contributed by atoms with E-state index in [-0.39, 0.29) is 0 Å². The van der Waals surface area contributed by atoms with Gasteiger partial charge in [0.1, 0.15) is 0 Å². The molecular formula is C17H30N2OS2. The molecule has 0 radical (unpaired) electrons. The zero-order valence-corrected chi connectivity index (χ0v) is 15.3. The number of nitrogens with zero attached hydrogens (tertiary/aromatic N) is 2. The van der Waals surface area contributed by atoms with Crippen molar-refractivity contribution in [2.24, 2.45) is 0 Å². The standard InChI is InChI=1S/C17H30N2OS2/c20-17(14-22-16-4-1-2-5-16)19-9-3-8-18(10-11-19)15-6-12-21-13-7-15/h15-16H,1-14H2. The molecule has 1 amide bonds. The van der Waals surface area contributed by atoms with Crippen LogP contribution in [0.5, 0.6) is 0 Å². The van der Waals surface area contributed by atoms with E-state index >= 15 is 0 Å². The molecule has 3 aliphatic rings. The van der Waals surface area contributed by atoms with Crippen LogP contribution >= 0.6 is 23.5 Å². The van der Waals surface area contributed by atoms with E-state index in [0.717, 1.165) is 37.3 Å². The molecule has 22 heavy (non-hydrogen) atoms. The van der Waals surface area contributed by atoms with Crippen LogP contribution in [0, 0.1) is 0 Å². The topological polar surface area (TPSA) is 23.6 Å². The number of hydrogen-bond acceptors (Lipinski definition) is 4. The number of amides is 1. The minimum absolute atomic E-state index is 0.387. The van der Waals surface area contributed by atoms with Gasteiger partial charge < -0.3 is 4.90 Å². The van der Waals surface area contributed by atoms with Crippen LogP contribution in [0.3, 0.4) is 0 Å². The number of hydrogen-bond donors (Lipinski definition) is 0. The minimum Gasteiger partial charge on any atom is -0.341 e. The van der Waals surface area contributed by atoms with Crippen LogP contribution in [-0.2, 0) is 4.79 Å². The molecule has 0 unspecified atom stereocenters. The van der Waals surface area contributed by atoms with Gasteiger partial charge >= 0.3 is 0 Å². The van der Waals surface area contributed by atoms with E-state index in [2.05, 4.69) is 21.6 Å². The Bertz CT molecular complexity index is 355. The second-order valence-electron chi connectivity index (χ2n) is 6.83. The van der Waals surface area contributed by atoms with E-state index in [4.69, 9.17) is 0 Å². The van der Waals surface area contributed by atoms with Crippen molar-refractivity contribution < 1.29 is 4.79 Å². The third kappa shape index (κ3) is 4.81. The predicted molar refractivity (Wildman–Crippen MR) is 97.8 cm³/mol. The monoisotopic (exact) mass is 342 g/mol. The van der Waals surface area contributed by atoms with Gasteiger partial charge in [0.2, 0.25) is 5.91 Å². The Labute approximate surface area is 143 Å². The van der Waals surface area contributed by atoms with Crippen LogP contribution in [0.4, 0.5) is 0 Å². The molecule has 0 spiro atoms. The summed E-state index contributed by atoms with van der Waals surface area (Å²) in [6.07, 6.45) is 9.22. The highest BCUT2D eigenvalue weighted by Gasteiger charge is 2.26. The normalized spacial score (nSPS) is 26.3. The molecule has 0 bridgehead atoms. The largest absolute Gasteiger partial charge is 0.341 e. The SMILES string of the molecule is O=C(CSC1CCCC1)N1CCCN(C2CCSCC2)CC1. The first-order valence-corrected chi connectivity index (χ1v) is 11.2. The van der Waals surface area contributed by atoms with Crippen molar-refractivity contribution in [1.29, 1.82) is 0 Å². The number of rotatable bonds is 4. The first-order chi connectivity index (χ1) is 10.8. The van der Waals surface area contributed by atoms with Crippen LogP contribution in [0.15, 0.2) is 0 Å². The summed E-state index contributed by atoms with van der Waals surface area (Å²) < 4.78 is 0. The van der Waals surface area contributed by atoms with E-state index in [1.165, 1.54) is 56.6 Å². The van der Waals surface area contributed by atoms with Crippen molar-refractivity contribution in [2.45, 2.75) is 56.2 Å². The Kier molecular flexibility index (Phi) is 6.82. The average Bonchev–Trinajstić information content (AvgIpc) is 2.96. The van der Waals surface area contributed by atoms with Crippen molar-refractivity contribution in [2.75, 3.05) is 43.4 Å². The van der Waals surface area contributed by atoms with Gasteiger partial charge in [-0.2, -0.15) is 11.8 Å². The lowest BCUT2D eigenvalue weighted by Crippen LogP contribution is -2.41. The van der Waals surface area contributed by atoms with E-state index in [0.29, 0.717) is 11.7 Å². The second kappa shape index (κ2) is 8.84. The second-order valence-corrected chi connectivity index (χ2v) is 9.34. The van der Waals surface area contributed by atoms with E-state index in [1.807, 2.05) is 11.8 Å². The third-order valence-electron chi connectivity index (χ3n) is 5.34. The maximum absolute atomic E-state index is 12.5. The molecule has 2 aliphatic heterocycles. The lowest BCUT2D eigenvalue weighted by Gasteiger charge is -2.33. The molecule has 3 nitrogen and oxygen atoms in total. The molecule has 0 aromatic carbocycles. The molecule has 0 N–H and O–H groups in total. The number of carbonyl (C=O) groups excluding carboxylic acids is 1. The van der Waals surface area contributed by atoms with Gasteiger partial charge in [0, 0.05) is 37.5 Å². The predicted octanol–water partition coefficient (Wildman–Crippen LogP) is 3.09. The molecule has 126 valence electrons. The van der Waals surface area contributed by atoms with Crippen LogP contribution in [0.25, 0.3) is 0 Å². The maximum atomic E-state index is 12.5. The summed E-state index contributed by atoms with van der Waals surface area (Å²) >= 11 is 4.01. The van der Waals surface area contributed by atoms with E-state index in [1.54, 1.807) is 0 Å². The summed E-state index contributed by atoms with van der Waals surface area (Å²) in [6, 6.07) is 0.782. The molecular weight excluding hydrogens is 312 g/mol. The van der Waals surface area contributed by atoms with Crippen molar-refractivity contribution in [3.63, 3.8) is 0 Å². The van der Waals surface area contributed by atoms with Gasteiger partial charge in [-0.15, -0.1) is 11.8 Å². The Hall–Kier alpha value is 0.130. The van der Waals surface area contributed by atoms with Gasteiger partial charge in [0.15, 0.2) is 0 Å². The summed E-state index contributed by atoms with van der Waals surface area (Å²) in [5, 5.41) is 0.757. The Morgan fingerprint density at radius 1 is 0.955 bits per heavy atom. The highest BCUT2D eigenvalue weighted by atomic mass is 32.2. The molecule has 3 rings (SSSR count). The van der Waals surface area contributed by atoms with Crippen LogP contribution in [-0.4, -0.2) is 70.4 Å². The quantitative estimate of drug-likeness (QED) is 0.783. The fraction of sp³-hybridized carbons (Fsp3) is 0.941. The smallest absolute Gasteiger partial charge is 0.232 e. The molecule has 1 saturated carbocycles. The Morgan fingerprint density at radius 3 is 2.50 bits per heavy atom. The molecule has 0 aromatic heterocycles. The number of thioether (sulfide) groups is 2. The number of carbonyl (C=O) groups is 1. The molecule has 5 heteroatoms. The summed E-state index contributed by atoms with van der Waals surface area (Å²) in [5.74, 6) is 3.74. The van der Waals surface area contributed by atoms with Gasteiger partial charge in [0.05, 0.1) is 5.75 Å². The zero-order valence-electron chi connectivity index (χ0n) is 13.7.